The van der Waals surface area contributed by atoms with E-state index in [1.807, 2.05) is 0 Å². The molecule has 0 saturated heterocycles. The van der Waals surface area contributed by atoms with Gasteiger partial charge in [0.05, 0.1) is 23.0 Å². The number of hydrogen-bond acceptors (Lipinski definition) is 5. The maximum absolute atomic E-state index is 11.9. The van der Waals surface area contributed by atoms with Gasteiger partial charge in [0.15, 0.2) is 5.17 Å². The number of allylic oxidation sites excluding steroid dienone is 1. The highest BCUT2D eigenvalue weighted by Crippen LogP contribution is 2.43. The number of amides is 1. The normalized spacial score (nSPS) is 16.9. The molecule has 0 aliphatic carbocycles. The molecule has 1 heterocycles. The summed E-state index contributed by atoms with van der Waals surface area (Å²) in [7, 11) is 4.01. The Morgan fingerprint density at radius 2 is 2.05 bits per heavy atom. The minimum atomic E-state index is -0.426. The Kier molecular flexibility index (Phi) is 5.04. The summed E-state index contributed by atoms with van der Waals surface area (Å²) < 4.78 is 8.90. The number of halogens is 2. The van der Waals surface area contributed by atoms with Crippen molar-refractivity contribution in [2.24, 2.45) is 4.40 Å². The SMILES string of the molecule is COc1ccc(NC(=O)/C(Cl)=C2/SSN=C2Cl)cc1. The van der Waals surface area contributed by atoms with Crippen LogP contribution >= 0.6 is 45.0 Å². The van der Waals surface area contributed by atoms with E-state index in [9.17, 15) is 4.79 Å². The number of ether oxygens (including phenoxy) is 1. The molecule has 1 N–H and O–H groups in total. The monoisotopic (exact) mass is 334 g/mol. The molecule has 100 valence electrons. The van der Waals surface area contributed by atoms with Crippen molar-refractivity contribution in [2.75, 3.05) is 12.4 Å². The molecule has 0 atom stereocenters. The molecule has 0 unspecified atom stereocenters. The highest BCUT2D eigenvalue weighted by atomic mass is 35.5. The molecule has 4 nitrogen and oxygen atoms in total. The molecule has 1 aromatic carbocycles. The maximum atomic E-state index is 11.9. The molecule has 0 aromatic heterocycles. The van der Waals surface area contributed by atoms with Gasteiger partial charge in [0.25, 0.3) is 5.91 Å². The molecule has 2 rings (SSSR count). The summed E-state index contributed by atoms with van der Waals surface area (Å²) in [6.07, 6.45) is 0. The third-order valence-electron chi connectivity index (χ3n) is 2.17. The molecule has 1 amide bonds. The number of carbonyl (C=O) groups is 1. The van der Waals surface area contributed by atoms with Crippen molar-refractivity contribution in [3.05, 3.63) is 34.2 Å². The van der Waals surface area contributed by atoms with Gasteiger partial charge in [-0.3, -0.25) is 4.79 Å². The zero-order valence-electron chi connectivity index (χ0n) is 9.65. The van der Waals surface area contributed by atoms with Gasteiger partial charge in [-0.2, -0.15) is 4.40 Å². The van der Waals surface area contributed by atoms with E-state index in [-0.39, 0.29) is 10.2 Å². The number of rotatable bonds is 3. The van der Waals surface area contributed by atoms with Crippen LogP contribution in [0.15, 0.2) is 38.6 Å². The summed E-state index contributed by atoms with van der Waals surface area (Å²) in [5.74, 6) is 0.283. The summed E-state index contributed by atoms with van der Waals surface area (Å²) >= 11 is 11.8. The van der Waals surface area contributed by atoms with Gasteiger partial charge in [0.2, 0.25) is 0 Å². The minimum absolute atomic E-state index is 0.0274. The van der Waals surface area contributed by atoms with Crippen LogP contribution in [0.2, 0.25) is 0 Å². The maximum Gasteiger partial charge on any atom is 0.268 e. The quantitative estimate of drug-likeness (QED) is 0.515. The van der Waals surface area contributed by atoms with E-state index in [0.717, 1.165) is 0 Å². The Labute approximate surface area is 128 Å². The predicted octanol–water partition coefficient (Wildman–Crippen LogP) is 4.03. The van der Waals surface area contributed by atoms with Crippen molar-refractivity contribution in [1.82, 2.24) is 0 Å². The van der Waals surface area contributed by atoms with Gasteiger partial charge >= 0.3 is 0 Å². The number of hydrogen-bond donors (Lipinski definition) is 1. The van der Waals surface area contributed by atoms with Crippen LogP contribution in [-0.2, 0) is 4.79 Å². The molecule has 0 bridgehead atoms. The van der Waals surface area contributed by atoms with Gasteiger partial charge in [-0.15, -0.1) is 0 Å². The van der Waals surface area contributed by atoms with Crippen LogP contribution in [0.4, 0.5) is 5.69 Å². The molecule has 0 spiro atoms. The summed E-state index contributed by atoms with van der Waals surface area (Å²) in [4.78, 5) is 12.4. The summed E-state index contributed by atoms with van der Waals surface area (Å²) in [6, 6.07) is 6.92. The van der Waals surface area contributed by atoms with E-state index in [0.29, 0.717) is 16.3 Å². The first-order chi connectivity index (χ1) is 9.11. The van der Waals surface area contributed by atoms with Crippen molar-refractivity contribution in [3.8, 4) is 5.75 Å². The van der Waals surface area contributed by atoms with E-state index in [1.54, 1.807) is 31.4 Å². The van der Waals surface area contributed by atoms with Crippen molar-refractivity contribution in [3.63, 3.8) is 0 Å². The van der Waals surface area contributed by atoms with Gasteiger partial charge in [0.1, 0.15) is 10.8 Å². The molecular weight excluding hydrogens is 327 g/mol. The first kappa shape index (κ1) is 14.6. The Morgan fingerprint density at radius 1 is 1.37 bits per heavy atom. The average Bonchev–Trinajstić information content (AvgIpc) is 2.85. The molecule has 0 saturated carbocycles. The Morgan fingerprint density at radius 3 is 2.58 bits per heavy atom. The predicted molar refractivity (Wildman–Crippen MR) is 83.0 cm³/mol. The Bertz CT molecular complexity index is 558. The van der Waals surface area contributed by atoms with E-state index >= 15 is 0 Å². The van der Waals surface area contributed by atoms with Crippen LogP contribution in [-0.4, -0.2) is 18.2 Å². The second kappa shape index (κ2) is 6.56. The van der Waals surface area contributed by atoms with Crippen LogP contribution in [0.1, 0.15) is 0 Å². The largest absolute Gasteiger partial charge is 0.497 e. The van der Waals surface area contributed by atoms with Crippen molar-refractivity contribution in [1.29, 1.82) is 0 Å². The van der Waals surface area contributed by atoms with E-state index in [1.165, 1.54) is 21.8 Å². The van der Waals surface area contributed by atoms with Gasteiger partial charge < -0.3 is 10.1 Å². The fraction of sp³-hybridized carbons (Fsp3) is 0.0909. The van der Waals surface area contributed by atoms with E-state index < -0.39 is 5.91 Å². The summed E-state index contributed by atoms with van der Waals surface area (Å²) in [5.41, 5.74) is 0.619. The molecule has 0 radical (unpaired) electrons. The van der Waals surface area contributed by atoms with Crippen LogP contribution in [0, 0.1) is 0 Å². The zero-order chi connectivity index (χ0) is 13.8. The van der Waals surface area contributed by atoms with Crippen LogP contribution in [0.5, 0.6) is 5.75 Å². The second-order valence-electron chi connectivity index (χ2n) is 3.37. The Hall–Kier alpha value is -0.820. The molecule has 1 aliphatic heterocycles. The molecule has 1 aromatic rings. The first-order valence-electron chi connectivity index (χ1n) is 5.04. The van der Waals surface area contributed by atoms with Gasteiger partial charge in [-0.25, -0.2) is 0 Å². The van der Waals surface area contributed by atoms with Gasteiger partial charge in [0, 0.05) is 5.69 Å². The number of nitrogens with one attached hydrogen (secondary N) is 1. The molecule has 8 heteroatoms. The smallest absolute Gasteiger partial charge is 0.268 e. The number of benzene rings is 1. The molecular formula is C11H8Cl2N2O2S2. The third-order valence-corrected chi connectivity index (χ3v) is 4.97. The standard InChI is InChI=1S/C11H8Cl2N2O2S2/c1-17-7-4-2-6(3-5-7)14-11(16)8(12)9-10(13)15-19-18-9/h2-5H,1H3,(H,14,16)/b9-8-. The second-order valence-corrected chi connectivity index (χ2v) is 5.96. The average molecular weight is 335 g/mol. The van der Waals surface area contributed by atoms with Crippen molar-refractivity contribution >= 4 is 61.7 Å². The summed E-state index contributed by atoms with van der Waals surface area (Å²) in [5, 5.41) is 2.94. The van der Waals surface area contributed by atoms with E-state index in [2.05, 4.69) is 9.71 Å². The van der Waals surface area contributed by atoms with Crippen molar-refractivity contribution < 1.29 is 9.53 Å². The molecule has 0 fully saturated rings. The topological polar surface area (TPSA) is 50.7 Å². The lowest BCUT2D eigenvalue weighted by Gasteiger charge is -2.06. The lowest BCUT2D eigenvalue weighted by molar-refractivity contribution is -0.112. The minimum Gasteiger partial charge on any atom is -0.497 e. The number of carbonyl (C=O) groups excluding carboxylic acids is 1. The van der Waals surface area contributed by atoms with Crippen LogP contribution in [0.25, 0.3) is 0 Å². The highest BCUT2D eigenvalue weighted by Gasteiger charge is 2.22. The zero-order valence-corrected chi connectivity index (χ0v) is 12.8. The lowest BCUT2D eigenvalue weighted by Crippen LogP contribution is -2.13. The van der Waals surface area contributed by atoms with Crippen LogP contribution < -0.4 is 10.1 Å². The highest BCUT2D eigenvalue weighted by molar-refractivity contribution is 8.78. The fourth-order valence-corrected chi connectivity index (χ4v) is 3.92. The fourth-order valence-electron chi connectivity index (χ4n) is 1.26. The van der Waals surface area contributed by atoms with Crippen molar-refractivity contribution in [2.45, 2.75) is 0 Å². The molecule has 19 heavy (non-hydrogen) atoms. The number of nitrogens with zero attached hydrogens (tertiary/aromatic N) is 1. The number of anilines is 1. The van der Waals surface area contributed by atoms with Gasteiger partial charge in [-0.1, -0.05) is 23.2 Å². The number of methoxy groups -OCH3 is 1. The third kappa shape index (κ3) is 3.60. The Balaban J connectivity index is 2.10. The lowest BCUT2D eigenvalue weighted by atomic mass is 10.3. The van der Waals surface area contributed by atoms with E-state index in [4.69, 9.17) is 27.9 Å². The van der Waals surface area contributed by atoms with Gasteiger partial charge in [-0.05, 0) is 35.1 Å². The van der Waals surface area contributed by atoms with Crippen LogP contribution in [0.3, 0.4) is 0 Å². The first-order valence-corrected chi connectivity index (χ1v) is 7.91. The molecule has 1 aliphatic rings. The summed E-state index contributed by atoms with van der Waals surface area (Å²) in [6.45, 7) is 0.